The van der Waals surface area contributed by atoms with Crippen molar-refractivity contribution in [1.82, 2.24) is 14.9 Å². The van der Waals surface area contributed by atoms with Crippen LogP contribution in [0.2, 0.25) is 0 Å². The van der Waals surface area contributed by atoms with Gasteiger partial charge >= 0.3 is 0 Å². The summed E-state index contributed by atoms with van der Waals surface area (Å²) < 4.78 is 11.4. The number of hydrogen-bond acceptors (Lipinski definition) is 5. The van der Waals surface area contributed by atoms with E-state index >= 15 is 0 Å². The summed E-state index contributed by atoms with van der Waals surface area (Å²) in [5.74, 6) is 2.22. The highest BCUT2D eigenvalue weighted by molar-refractivity contribution is 5.42. The number of aromatic nitrogens is 2. The van der Waals surface area contributed by atoms with Gasteiger partial charge in [0.05, 0.1) is 18.5 Å². The maximum absolute atomic E-state index is 5.95. The predicted molar refractivity (Wildman–Crippen MR) is 89.1 cm³/mol. The molecule has 23 heavy (non-hydrogen) atoms. The zero-order chi connectivity index (χ0) is 16.2. The summed E-state index contributed by atoms with van der Waals surface area (Å²) in [6.07, 6.45) is 4.29. The smallest absolute Gasteiger partial charge is 0.241 e. The van der Waals surface area contributed by atoms with Gasteiger partial charge in [0.1, 0.15) is 11.5 Å². The molecule has 0 atom stereocenters. The molecule has 0 spiro atoms. The summed E-state index contributed by atoms with van der Waals surface area (Å²) in [4.78, 5) is 11.2. The third-order valence-corrected chi connectivity index (χ3v) is 4.09. The lowest BCUT2D eigenvalue weighted by Crippen LogP contribution is -2.18. The van der Waals surface area contributed by atoms with Gasteiger partial charge in [-0.25, -0.2) is 4.98 Å². The zero-order valence-corrected chi connectivity index (χ0v) is 14.0. The Balaban J connectivity index is 1.83. The number of ether oxygens (including phenoxy) is 2. The Morgan fingerprint density at radius 3 is 2.70 bits per heavy atom. The van der Waals surface area contributed by atoms with Crippen LogP contribution >= 0.6 is 0 Å². The van der Waals surface area contributed by atoms with Crippen molar-refractivity contribution in [2.75, 3.05) is 20.2 Å². The zero-order valence-electron chi connectivity index (χ0n) is 14.0. The molecule has 0 N–H and O–H groups in total. The van der Waals surface area contributed by atoms with Crippen LogP contribution in [0.1, 0.15) is 29.8 Å². The summed E-state index contributed by atoms with van der Waals surface area (Å²) in [6.45, 7) is 6.99. The van der Waals surface area contributed by atoms with Crippen molar-refractivity contribution >= 4 is 0 Å². The minimum Gasteiger partial charge on any atom is -0.496 e. The first kappa shape index (κ1) is 15.7. The van der Waals surface area contributed by atoms with Gasteiger partial charge in [-0.1, -0.05) is 0 Å². The summed E-state index contributed by atoms with van der Waals surface area (Å²) in [5.41, 5.74) is 2.77. The lowest BCUT2D eigenvalue weighted by Gasteiger charge is -2.18. The van der Waals surface area contributed by atoms with Crippen LogP contribution in [0, 0.1) is 13.8 Å². The van der Waals surface area contributed by atoms with E-state index in [1.165, 1.54) is 12.8 Å². The molecule has 0 unspecified atom stereocenters. The molecule has 1 aromatic carbocycles. The first-order chi connectivity index (χ1) is 11.2. The maximum Gasteiger partial charge on any atom is 0.241 e. The molecule has 122 valence electrons. The van der Waals surface area contributed by atoms with Crippen LogP contribution in [0.3, 0.4) is 0 Å². The highest BCUT2D eigenvalue weighted by Crippen LogP contribution is 2.29. The van der Waals surface area contributed by atoms with Gasteiger partial charge in [-0.3, -0.25) is 9.88 Å². The van der Waals surface area contributed by atoms with E-state index in [1.807, 2.05) is 32.0 Å². The number of aryl methyl sites for hydroxylation is 2. The molecule has 0 aliphatic carbocycles. The number of rotatable bonds is 5. The van der Waals surface area contributed by atoms with E-state index in [1.54, 1.807) is 13.3 Å². The third-order valence-electron chi connectivity index (χ3n) is 4.09. The van der Waals surface area contributed by atoms with Gasteiger partial charge < -0.3 is 9.47 Å². The van der Waals surface area contributed by atoms with Gasteiger partial charge in [0, 0.05) is 18.3 Å². The lowest BCUT2D eigenvalue weighted by molar-refractivity contribution is 0.320. The molecule has 1 saturated heterocycles. The molecule has 0 amide bonds. The average molecular weight is 313 g/mol. The van der Waals surface area contributed by atoms with Crippen molar-refractivity contribution in [3.8, 4) is 17.4 Å². The van der Waals surface area contributed by atoms with Gasteiger partial charge in [-0.05, 0) is 58.0 Å². The largest absolute Gasteiger partial charge is 0.496 e. The maximum atomic E-state index is 5.95. The normalized spacial score (nSPS) is 14.9. The van der Waals surface area contributed by atoms with Crippen LogP contribution in [0.5, 0.6) is 17.4 Å². The summed E-state index contributed by atoms with van der Waals surface area (Å²) in [7, 11) is 1.71. The van der Waals surface area contributed by atoms with Crippen molar-refractivity contribution in [2.45, 2.75) is 33.2 Å². The minimum atomic E-state index is 0.558. The molecular formula is C18H23N3O2. The molecule has 2 heterocycles. The van der Waals surface area contributed by atoms with Gasteiger partial charge in [0.25, 0.3) is 0 Å². The first-order valence-electron chi connectivity index (χ1n) is 8.03. The molecule has 1 aliphatic heterocycles. The molecule has 2 aromatic rings. The molecule has 5 nitrogen and oxygen atoms in total. The molecule has 0 saturated carbocycles. The number of nitrogens with zero attached hydrogens (tertiary/aromatic N) is 3. The van der Waals surface area contributed by atoms with E-state index in [0.29, 0.717) is 5.88 Å². The number of benzene rings is 1. The Morgan fingerprint density at radius 1 is 1.17 bits per heavy atom. The van der Waals surface area contributed by atoms with Crippen molar-refractivity contribution in [1.29, 1.82) is 0 Å². The van der Waals surface area contributed by atoms with Crippen LogP contribution in [0.15, 0.2) is 24.4 Å². The van der Waals surface area contributed by atoms with Crippen molar-refractivity contribution < 1.29 is 9.47 Å². The molecule has 1 aliphatic rings. The predicted octanol–water partition coefficient (Wildman–Crippen LogP) is 3.49. The van der Waals surface area contributed by atoms with E-state index in [0.717, 1.165) is 48.1 Å². The highest BCUT2D eigenvalue weighted by Gasteiger charge is 2.15. The minimum absolute atomic E-state index is 0.558. The van der Waals surface area contributed by atoms with Crippen LogP contribution in [0.25, 0.3) is 0 Å². The molecule has 5 heteroatoms. The number of hydrogen-bond donors (Lipinski definition) is 0. The molecular weight excluding hydrogens is 290 g/mol. The third kappa shape index (κ3) is 3.79. The summed E-state index contributed by atoms with van der Waals surface area (Å²) in [6, 6.07) is 5.91. The van der Waals surface area contributed by atoms with E-state index in [-0.39, 0.29) is 0 Å². The topological polar surface area (TPSA) is 47.5 Å². The van der Waals surface area contributed by atoms with E-state index < -0.39 is 0 Å². The first-order valence-corrected chi connectivity index (χ1v) is 8.03. The second-order valence-electron chi connectivity index (χ2n) is 5.96. The Bertz CT molecular complexity index is 682. The Morgan fingerprint density at radius 2 is 1.96 bits per heavy atom. The standard InChI is InChI=1S/C18H23N3O2/c1-13-11-19-14(2)18(20-13)23-16-6-7-17(22-3)15(10-16)12-21-8-4-5-9-21/h6-7,10-11H,4-5,8-9,12H2,1-3H3. The van der Waals surface area contributed by atoms with Crippen LogP contribution in [0.4, 0.5) is 0 Å². The van der Waals surface area contributed by atoms with Gasteiger partial charge in [0.15, 0.2) is 0 Å². The van der Waals surface area contributed by atoms with Crippen molar-refractivity contribution in [2.24, 2.45) is 0 Å². The fourth-order valence-corrected chi connectivity index (χ4v) is 2.85. The van der Waals surface area contributed by atoms with E-state index in [4.69, 9.17) is 9.47 Å². The van der Waals surface area contributed by atoms with Gasteiger partial charge in [0.2, 0.25) is 5.88 Å². The second kappa shape index (κ2) is 6.96. The highest BCUT2D eigenvalue weighted by atomic mass is 16.5. The van der Waals surface area contributed by atoms with Crippen molar-refractivity contribution in [3.05, 3.63) is 41.3 Å². The SMILES string of the molecule is COc1ccc(Oc2nc(C)cnc2C)cc1CN1CCCC1. The molecule has 0 bridgehead atoms. The summed E-state index contributed by atoms with van der Waals surface area (Å²) >= 11 is 0. The van der Waals surface area contributed by atoms with Gasteiger partial charge in [-0.2, -0.15) is 0 Å². The van der Waals surface area contributed by atoms with Crippen molar-refractivity contribution in [3.63, 3.8) is 0 Å². The second-order valence-corrected chi connectivity index (χ2v) is 5.96. The fraction of sp³-hybridized carbons (Fsp3) is 0.444. The monoisotopic (exact) mass is 313 g/mol. The van der Waals surface area contributed by atoms with E-state index in [2.05, 4.69) is 14.9 Å². The van der Waals surface area contributed by atoms with Gasteiger partial charge in [-0.15, -0.1) is 0 Å². The Labute approximate surface area is 137 Å². The number of methoxy groups -OCH3 is 1. The molecule has 3 rings (SSSR count). The van der Waals surface area contributed by atoms with Crippen LogP contribution < -0.4 is 9.47 Å². The number of likely N-dealkylation sites (tertiary alicyclic amines) is 1. The van der Waals surface area contributed by atoms with E-state index in [9.17, 15) is 0 Å². The quantitative estimate of drug-likeness (QED) is 0.845. The lowest BCUT2D eigenvalue weighted by atomic mass is 10.1. The molecule has 1 fully saturated rings. The van der Waals surface area contributed by atoms with Crippen LogP contribution in [-0.2, 0) is 6.54 Å². The molecule has 0 radical (unpaired) electrons. The average Bonchev–Trinajstić information content (AvgIpc) is 3.04. The Kier molecular flexibility index (Phi) is 4.76. The van der Waals surface area contributed by atoms with Crippen LogP contribution in [-0.4, -0.2) is 35.1 Å². The fourth-order valence-electron chi connectivity index (χ4n) is 2.85. The molecule has 1 aromatic heterocycles. The Hall–Kier alpha value is -2.14. The summed E-state index contributed by atoms with van der Waals surface area (Å²) in [5, 5.41) is 0.